The van der Waals surface area contributed by atoms with Crippen molar-refractivity contribution in [2.75, 3.05) is 26.7 Å². The maximum Gasteiger partial charge on any atom is 0.229 e. The van der Waals surface area contributed by atoms with E-state index in [1.807, 2.05) is 31.3 Å². The second-order valence-electron chi connectivity index (χ2n) is 5.72. The largest absolute Gasteiger partial charge is 0.492 e. The van der Waals surface area contributed by atoms with E-state index in [2.05, 4.69) is 15.9 Å². The van der Waals surface area contributed by atoms with Crippen molar-refractivity contribution >= 4 is 34.2 Å². The van der Waals surface area contributed by atoms with Gasteiger partial charge in [0.2, 0.25) is 5.91 Å². The Morgan fingerprint density at radius 2 is 1.91 bits per heavy atom. The highest BCUT2D eigenvalue weighted by Crippen LogP contribution is 2.38. The molecule has 124 valence electrons. The molecule has 1 fully saturated rings. The van der Waals surface area contributed by atoms with Crippen LogP contribution in [0.25, 0.3) is 0 Å². The van der Waals surface area contributed by atoms with Crippen LogP contribution in [0.2, 0.25) is 0 Å². The molecule has 0 spiro atoms. The van der Waals surface area contributed by atoms with Crippen LogP contribution in [0.15, 0.2) is 28.7 Å². The third-order valence-corrected chi connectivity index (χ3v) is 4.79. The molecule has 22 heavy (non-hydrogen) atoms. The first-order chi connectivity index (χ1) is 10.1. The van der Waals surface area contributed by atoms with Crippen molar-refractivity contribution in [2.24, 2.45) is 11.1 Å². The van der Waals surface area contributed by atoms with Crippen LogP contribution in [0.4, 0.5) is 0 Å². The van der Waals surface area contributed by atoms with Gasteiger partial charge in [-0.25, -0.2) is 0 Å². The van der Waals surface area contributed by atoms with Crippen LogP contribution in [0, 0.1) is 5.41 Å². The van der Waals surface area contributed by atoms with Crippen LogP contribution in [0.5, 0.6) is 5.75 Å². The SMILES string of the molecule is CN(CCOc1ccc(Br)cc1)C(=O)C1(CN)CCCC1.Cl. The van der Waals surface area contributed by atoms with E-state index in [1.165, 1.54) is 0 Å². The number of carbonyl (C=O) groups is 1. The molecule has 1 aliphatic rings. The molecule has 0 atom stereocenters. The highest BCUT2D eigenvalue weighted by atomic mass is 79.9. The minimum atomic E-state index is -0.327. The Kier molecular flexibility index (Phi) is 7.66. The maximum absolute atomic E-state index is 12.6. The zero-order valence-corrected chi connectivity index (χ0v) is 15.3. The second-order valence-corrected chi connectivity index (χ2v) is 6.64. The van der Waals surface area contributed by atoms with Crippen molar-refractivity contribution in [2.45, 2.75) is 25.7 Å². The number of ether oxygens (including phenoxy) is 1. The van der Waals surface area contributed by atoms with Gasteiger partial charge in [-0.3, -0.25) is 4.79 Å². The van der Waals surface area contributed by atoms with Crippen LogP contribution in [-0.4, -0.2) is 37.6 Å². The molecular weight excluding hydrogens is 368 g/mol. The summed E-state index contributed by atoms with van der Waals surface area (Å²) in [7, 11) is 1.84. The number of likely N-dealkylation sites (N-methyl/N-ethyl adjacent to an activating group) is 1. The lowest BCUT2D eigenvalue weighted by Gasteiger charge is -2.31. The molecule has 1 amide bonds. The van der Waals surface area contributed by atoms with Gasteiger partial charge in [0.1, 0.15) is 12.4 Å². The number of hydrogen-bond donors (Lipinski definition) is 1. The molecule has 0 aromatic heterocycles. The average Bonchev–Trinajstić information content (AvgIpc) is 2.98. The van der Waals surface area contributed by atoms with Gasteiger partial charge in [-0.15, -0.1) is 12.4 Å². The van der Waals surface area contributed by atoms with Gasteiger partial charge >= 0.3 is 0 Å². The summed E-state index contributed by atoms with van der Waals surface area (Å²) in [6, 6.07) is 7.69. The van der Waals surface area contributed by atoms with Crippen molar-refractivity contribution in [3.05, 3.63) is 28.7 Å². The van der Waals surface area contributed by atoms with Gasteiger partial charge < -0.3 is 15.4 Å². The topological polar surface area (TPSA) is 55.6 Å². The zero-order chi connectivity index (χ0) is 15.3. The van der Waals surface area contributed by atoms with Crippen molar-refractivity contribution in [3.8, 4) is 5.75 Å². The van der Waals surface area contributed by atoms with E-state index in [0.717, 1.165) is 35.9 Å². The zero-order valence-electron chi connectivity index (χ0n) is 12.9. The third kappa shape index (κ3) is 4.61. The van der Waals surface area contributed by atoms with Gasteiger partial charge in [0, 0.05) is 18.1 Å². The van der Waals surface area contributed by atoms with Crippen molar-refractivity contribution < 1.29 is 9.53 Å². The summed E-state index contributed by atoms with van der Waals surface area (Å²) in [5.74, 6) is 0.982. The van der Waals surface area contributed by atoms with E-state index in [0.29, 0.717) is 19.7 Å². The summed E-state index contributed by atoms with van der Waals surface area (Å²) in [6.07, 6.45) is 4.04. The molecule has 1 aromatic carbocycles. The molecule has 0 heterocycles. The first kappa shape index (κ1) is 19.3. The van der Waals surface area contributed by atoms with Gasteiger partial charge in [-0.05, 0) is 37.1 Å². The highest BCUT2D eigenvalue weighted by Gasteiger charge is 2.41. The number of carbonyl (C=O) groups excluding carboxylic acids is 1. The van der Waals surface area contributed by atoms with E-state index in [-0.39, 0.29) is 23.7 Å². The minimum absolute atomic E-state index is 0. The van der Waals surface area contributed by atoms with Gasteiger partial charge in [-0.1, -0.05) is 28.8 Å². The normalized spacial score (nSPS) is 16.0. The number of halogens is 2. The van der Waals surface area contributed by atoms with Crippen LogP contribution in [0.1, 0.15) is 25.7 Å². The monoisotopic (exact) mass is 390 g/mol. The third-order valence-electron chi connectivity index (χ3n) is 4.26. The van der Waals surface area contributed by atoms with Crippen molar-refractivity contribution in [3.63, 3.8) is 0 Å². The summed E-state index contributed by atoms with van der Waals surface area (Å²) in [5, 5.41) is 0. The number of amides is 1. The Balaban J connectivity index is 0.00000242. The molecule has 0 saturated heterocycles. The fourth-order valence-corrected chi connectivity index (χ4v) is 3.16. The molecule has 2 rings (SSSR count). The van der Waals surface area contributed by atoms with E-state index in [1.54, 1.807) is 4.90 Å². The first-order valence-corrected chi connectivity index (χ1v) is 8.21. The van der Waals surface area contributed by atoms with Crippen molar-refractivity contribution in [1.82, 2.24) is 4.90 Å². The molecular formula is C16H24BrClN2O2. The summed E-state index contributed by atoms with van der Waals surface area (Å²) in [6.45, 7) is 1.52. The average molecular weight is 392 g/mol. The summed E-state index contributed by atoms with van der Waals surface area (Å²) in [5.41, 5.74) is 5.53. The van der Waals surface area contributed by atoms with E-state index < -0.39 is 0 Å². The Morgan fingerprint density at radius 3 is 2.45 bits per heavy atom. The van der Waals surface area contributed by atoms with Crippen LogP contribution >= 0.6 is 28.3 Å². The molecule has 0 unspecified atom stereocenters. The van der Waals surface area contributed by atoms with E-state index in [9.17, 15) is 4.79 Å². The molecule has 0 radical (unpaired) electrons. The van der Waals surface area contributed by atoms with Crippen LogP contribution in [0.3, 0.4) is 0 Å². The quantitative estimate of drug-likeness (QED) is 0.810. The fraction of sp³-hybridized carbons (Fsp3) is 0.562. The fourth-order valence-electron chi connectivity index (χ4n) is 2.89. The van der Waals surface area contributed by atoms with Gasteiger partial charge in [0.25, 0.3) is 0 Å². The number of nitrogens with two attached hydrogens (primary N) is 1. The smallest absolute Gasteiger partial charge is 0.229 e. The molecule has 0 aliphatic heterocycles. The predicted octanol–water partition coefficient (Wildman–Crippen LogP) is 3.23. The lowest BCUT2D eigenvalue weighted by Crippen LogP contribution is -2.46. The van der Waals surface area contributed by atoms with Gasteiger partial charge in [0.05, 0.1) is 12.0 Å². The van der Waals surface area contributed by atoms with Gasteiger partial charge in [-0.2, -0.15) is 0 Å². The Morgan fingerprint density at radius 1 is 1.32 bits per heavy atom. The molecule has 1 aliphatic carbocycles. The molecule has 1 saturated carbocycles. The molecule has 4 nitrogen and oxygen atoms in total. The summed E-state index contributed by atoms with van der Waals surface area (Å²) in [4.78, 5) is 14.3. The molecule has 2 N–H and O–H groups in total. The van der Waals surface area contributed by atoms with Gasteiger partial charge in [0.15, 0.2) is 0 Å². The van der Waals surface area contributed by atoms with E-state index >= 15 is 0 Å². The Labute approximate surface area is 146 Å². The second kappa shape index (κ2) is 8.75. The van der Waals surface area contributed by atoms with Crippen LogP contribution < -0.4 is 10.5 Å². The number of rotatable bonds is 6. The molecule has 1 aromatic rings. The lowest BCUT2D eigenvalue weighted by molar-refractivity contribution is -0.140. The maximum atomic E-state index is 12.6. The lowest BCUT2D eigenvalue weighted by atomic mass is 9.85. The van der Waals surface area contributed by atoms with Crippen molar-refractivity contribution in [1.29, 1.82) is 0 Å². The minimum Gasteiger partial charge on any atom is -0.492 e. The Bertz CT molecular complexity index is 476. The Hall–Kier alpha value is -0.780. The van der Waals surface area contributed by atoms with E-state index in [4.69, 9.17) is 10.5 Å². The molecule has 0 bridgehead atoms. The summed E-state index contributed by atoms with van der Waals surface area (Å²) >= 11 is 3.39. The highest BCUT2D eigenvalue weighted by molar-refractivity contribution is 9.10. The number of hydrogen-bond acceptors (Lipinski definition) is 3. The summed E-state index contributed by atoms with van der Waals surface area (Å²) < 4.78 is 6.69. The predicted molar refractivity (Wildman–Crippen MR) is 94.5 cm³/mol. The standard InChI is InChI=1S/C16H23BrN2O2.ClH/c1-19(15(20)16(12-18)8-2-3-9-16)10-11-21-14-6-4-13(17)5-7-14;/h4-7H,2-3,8-12,18H2,1H3;1H. The first-order valence-electron chi connectivity index (χ1n) is 7.41. The number of benzene rings is 1. The molecule has 6 heteroatoms. The number of nitrogens with zero attached hydrogens (tertiary/aromatic N) is 1. The van der Waals surface area contributed by atoms with Crippen LogP contribution in [-0.2, 0) is 4.79 Å².